The van der Waals surface area contributed by atoms with E-state index in [1.807, 2.05) is 17.8 Å². The standard InChI is InChI=1S/C15H20FNOS/c16-11-4-5-15-12(8-11)14(6-7-19-15)17-13-3-1-2-10(13)9-18/h4-5,8,10,13-14,17-18H,1-3,6-7,9H2. The predicted molar refractivity (Wildman–Crippen MR) is 75.8 cm³/mol. The molecule has 1 aromatic carbocycles. The molecule has 0 aromatic heterocycles. The number of fused-ring (bicyclic) bond motifs is 1. The third-order valence-electron chi connectivity index (χ3n) is 4.32. The lowest BCUT2D eigenvalue weighted by atomic mass is 9.99. The Morgan fingerprint density at radius 1 is 1.32 bits per heavy atom. The zero-order chi connectivity index (χ0) is 13.2. The lowest BCUT2D eigenvalue weighted by Crippen LogP contribution is -2.38. The molecule has 1 fully saturated rings. The van der Waals surface area contributed by atoms with Crippen molar-refractivity contribution in [1.82, 2.24) is 5.32 Å². The summed E-state index contributed by atoms with van der Waals surface area (Å²) in [7, 11) is 0. The quantitative estimate of drug-likeness (QED) is 0.893. The van der Waals surface area contributed by atoms with E-state index < -0.39 is 0 Å². The summed E-state index contributed by atoms with van der Waals surface area (Å²) in [6, 6.07) is 5.72. The Hall–Kier alpha value is -0.580. The minimum absolute atomic E-state index is 0.154. The van der Waals surface area contributed by atoms with Gasteiger partial charge in [-0.2, -0.15) is 0 Å². The number of nitrogens with one attached hydrogen (secondary N) is 1. The van der Waals surface area contributed by atoms with Crippen LogP contribution in [0.4, 0.5) is 4.39 Å². The molecule has 3 atom stereocenters. The minimum atomic E-state index is -0.154. The van der Waals surface area contributed by atoms with E-state index in [9.17, 15) is 9.50 Å². The molecule has 2 nitrogen and oxygen atoms in total. The second-order valence-electron chi connectivity index (χ2n) is 5.52. The van der Waals surface area contributed by atoms with Crippen LogP contribution in [0.15, 0.2) is 23.1 Å². The Bertz CT molecular complexity index is 454. The summed E-state index contributed by atoms with van der Waals surface area (Å²) < 4.78 is 13.4. The van der Waals surface area contributed by atoms with Gasteiger partial charge in [0.1, 0.15) is 5.82 Å². The third-order valence-corrected chi connectivity index (χ3v) is 5.44. The molecule has 1 aromatic rings. The summed E-state index contributed by atoms with van der Waals surface area (Å²) >= 11 is 1.81. The van der Waals surface area contributed by atoms with Gasteiger partial charge in [-0.1, -0.05) is 6.42 Å². The van der Waals surface area contributed by atoms with E-state index in [2.05, 4.69) is 5.32 Å². The molecule has 3 unspecified atom stereocenters. The van der Waals surface area contributed by atoms with Crippen LogP contribution in [-0.4, -0.2) is 23.5 Å². The van der Waals surface area contributed by atoms with Gasteiger partial charge in [-0.25, -0.2) is 4.39 Å². The number of benzene rings is 1. The van der Waals surface area contributed by atoms with Crippen LogP contribution in [0.25, 0.3) is 0 Å². The first kappa shape index (κ1) is 13.4. The van der Waals surface area contributed by atoms with Crippen molar-refractivity contribution in [2.45, 2.75) is 42.7 Å². The first-order valence-electron chi connectivity index (χ1n) is 7.07. The molecule has 0 spiro atoms. The minimum Gasteiger partial charge on any atom is -0.396 e. The summed E-state index contributed by atoms with van der Waals surface area (Å²) in [5, 5.41) is 13.1. The maximum atomic E-state index is 13.4. The van der Waals surface area contributed by atoms with Gasteiger partial charge in [0.05, 0.1) is 0 Å². The van der Waals surface area contributed by atoms with E-state index >= 15 is 0 Å². The highest BCUT2D eigenvalue weighted by Crippen LogP contribution is 2.38. The first-order valence-corrected chi connectivity index (χ1v) is 8.05. The highest BCUT2D eigenvalue weighted by molar-refractivity contribution is 7.99. The Morgan fingerprint density at radius 2 is 2.21 bits per heavy atom. The molecule has 104 valence electrons. The fourth-order valence-electron chi connectivity index (χ4n) is 3.27. The fourth-order valence-corrected chi connectivity index (χ4v) is 4.38. The topological polar surface area (TPSA) is 32.3 Å². The number of halogens is 1. The van der Waals surface area contributed by atoms with Crippen LogP contribution in [0.3, 0.4) is 0 Å². The third kappa shape index (κ3) is 2.81. The maximum Gasteiger partial charge on any atom is 0.123 e. The maximum absolute atomic E-state index is 13.4. The SMILES string of the molecule is OCC1CCCC1NC1CCSc2ccc(F)cc21. The van der Waals surface area contributed by atoms with Crippen molar-refractivity contribution < 1.29 is 9.50 Å². The molecule has 0 saturated heterocycles. The van der Waals surface area contributed by atoms with E-state index in [1.165, 1.54) is 11.3 Å². The molecule has 4 heteroatoms. The Balaban J connectivity index is 1.78. The Labute approximate surface area is 117 Å². The lowest BCUT2D eigenvalue weighted by molar-refractivity contribution is 0.198. The number of hydrogen-bond donors (Lipinski definition) is 2. The molecular weight excluding hydrogens is 261 g/mol. The van der Waals surface area contributed by atoms with Gasteiger partial charge in [0.15, 0.2) is 0 Å². The van der Waals surface area contributed by atoms with Crippen LogP contribution in [0.1, 0.15) is 37.3 Å². The van der Waals surface area contributed by atoms with Gasteiger partial charge < -0.3 is 10.4 Å². The van der Waals surface area contributed by atoms with Gasteiger partial charge in [-0.15, -0.1) is 11.8 Å². The van der Waals surface area contributed by atoms with E-state index in [0.29, 0.717) is 12.0 Å². The normalized spacial score (nSPS) is 30.3. The largest absolute Gasteiger partial charge is 0.396 e. The number of rotatable bonds is 3. The van der Waals surface area contributed by atoms with Crippen LogP contribution in [-0.2, 0) is 0 Å². The van der Waals surface area contributed by atoms with Crippen LogP contribution in [0.2, 0.25) is 0 Å². The molecule has 1 aliphatic heterocycles. The second kappa shape index (κ2) is 5.81. The summed E-state index contributed by atoms with van der Waals surface area (Å²) in [6.45, 7) is 0.259. The second-order valence-corrected chi connectivity index (χ2v) is 6.66. The molecule has 0 amide bonds. The van der Waals surface area contributed by atoms with Crippen molar-refractivity contribution in [1.29, 1.82) is 0 Å². The smallest absolute Gasteiger partial charge is 0.123 e. The van der Waals surface area contributed by atoms with E-state index in [-0.39, 0.29) is 18.5 Å². The monoisotopic (exact) mass is 281 g/mol. The molecule has 1 heterocycles. The van der Waals surface area contributed by atoms with Gasteiger partial charge in [-0.05, 0) is 54.7 Å². The van der Waals surface area contributed by atoms with Crippen LogP contribution >= 0.6 is 11.8 Å². The summed E-state index contributed by atoms with van der Waals surface area (Å²) in [6.07, 6.45) is 4.45. The zero-order valence-electron chi connectivity index (χ0n) is 10.9. The molecule has 1 aliphatic carbocycles. The van der Waals surface area contributed by atoms with E-state index in [4.69, 9.17) is 0 Å². The van der Waals surface area contributed by atoms with Crippen molar-refractivity contribution >= 4 is 11.8 Å². The Kier molecular flexibility index (Phi) is 4.10. The molecule has 0 radical (unpaired) electrons. The van der Waals surface area contributed by atoms with Gasteiger partial charge in [0, 0.05) is 23.6 Å². The average molecular weight is 281 g/mol. The van der Waals surface area contributed by atoms with Gasteiger partial charge in [0.25, 0.3) is 0 Å². The van der Waals surface area contributed by atoms with Crippen LogP contribution < -0.4 is 5.32 Å². The highest BCUT2D eigenvalue weighted by atomic mass is 32.2. The number of thioether (sulfide) groups is 1. The molecule has 0 bridgehead atoms. The van der Waals surface area contributed by atoms with Gasteiger partial charge >= 0.3 is 0 Å². The molecule has 19 heavy (non-hydrogen) atoms. The summed E-state index contributed by atoms with van der Waals surface area (Å²) in [5.74, 6) is 1.29. The van der Waals surface area contributed by atoms with Crippen LogP contribution in [0, 0.1) is 11.7 Å². The Morgan fingerprint density at radius 3 is 3.05 bits per heavy atom. The van der Waals surface area contributed by atoms with E-state index in [1.54, 1.807) is 12.1 Å². The van der Waals surface area contributed by atoms with Crippen molar-refractivity contribution in [2.24, 2.45) is 5.92 Å². The predicted octanol–water partition coefficient (Wildman–Crippen LogP) is 3.11. The molecule has 2 N–H and O–H groups in total. The van der Waals surface area contributed by atoms with Crippen molar-refractivity contribution in [2.75, 3.05) is 12.4 Å². The summed E-state index contributed by atoms with van der Waals surface area (Å²) in [5.41, 5.74) is 1.10. The van der Waals surface area contributed by atoms with Crippen molar-refractivity contribution in [3.63, 3.8) is 0 Å². The van der Waals surface area contributed by atoms with Gasteiger partial charge in [0.2, 0.25) is 0 Å². The van der Waals surface area contributed by atoms with E-state index in [0.717, 1.165) is 30.6 Å². The summed E-state index contributed by atoms with van der Waals surface area (Å²) in [4.78, 5) is 1.20. The zero-order valence-corrected chi connectivity index (χ0v) is 11.8. The van der Waals surface area contributed by atoms with Crippen LogP contribution in [0.5, 0.6) is 0 Å². The average Bonchev–Trinajstić information content (AvgIpc) is 2.87. The highest BCUT2D eigenvalue weighted by Gasteiger charge is 2.30. The lowest BCUT2D eigenvalue weighted by Gasteiger charge is -2.30. The number of hydrogen-bond acceptors (Lipinski definition) is 3. The van der Waals surface area contributed by atoms with Crippen molar-refractivity contribution in [3.8, 4) is 0 Å². The fraction of sp³-hybridized carbons (Fsp3) is 0.600. The molecule has 2 aliphatic rings. The number of aliphatic hydroxyl groups excluding tert-OH is 1. The van der Waals surface area contributed by atoms with Crippen molar-refractivity contribution in [3.05, 3.63) is 29.6 Å². The number of aliphatic hydroxyl groups is 1. The first-order chi connectivity index (χ1) is 9.28. The molecule has 1 saturated carbocycles. The molecule has 3 rings (SSSR count). The molecular formula is C15H20FNOS. The van der Waals surface area contributed by atoms with Gasteiger partial charge in [-0.3, -0.25) is 0 Å².